The van der Waals surface area contributed by atoms with Crippen LogP contribution in [0.5, 0.6) is 5.75 Å². The number of para-hydroxylation sites is 1. The van der Waals surface area contributed by atoms with Crippen LogP contribution in [0.3, 0.4) is 0 Å². The maximum absolute atomic E-state index is 12.0. The van der Waals surface area contributed by atoms with E-state index in [0.29, 0.717) is 23.7 Å². The van der Waals surface area contributed by atoms with E-state index in [0.717, 1.165) is 12.2 Å². The number of hydrogen-bond donors (Lipinski definition) is 0. The van der Waals surface area contributed by atoms with Gasteiger partial charge in [-0.2, -0.15) is 0 Å². The van der Waals surface area contributed by atoms with Gasteiger partial charge in [-0.25, -0.2) is 4.79 Å². The maximum Gasteiger partial charge on any atom is 0.514 e. The minimum Gasteiger partial charge on any atom is -0.429 e. The molecule has 0 fully saturated rings. The average Bonchev–Trinajstić information content (AvgIpc) is 2.61. The summed E-state index contributed by atoms with van der Waals surface area (Å²) in [5.41, 5.74) is 1.10. The van der Waals surface area contributed by atoms with Crippen molar-refractivity contribution >= 4 is 23.4 Å². The Bertz CT molecular complexity index is 631. The number of carbonyl (C=O) groups is 1. The highest BCUT2D eigenvalue weighted by atomic mass is 35.5. The molecular formula is C19H22ClNO3. The third-order valence-corrected chi connectivity index (χ3v) is 3.91. The van der Waals surface area contributed by atoms with Gasteiger partial charge in [0.2, 0.25) is 0 Å². The maximum atomic E-state index is 12.0. The zero-order chi connectivity index (χ0) is 17.4. The predicted octanol–water partition coefficient (Wildman–Crippen LogP) is 5.16. The molecule has 2 aromatic rings. The van der Waals surface area contributed by atoms with Crippen molar-refractivity contribution < 1.29 is 14.3 Å². The molecule has 5 heteroatoms. The summed E-state index contributed by atoms with van der Waals surface area (Å²) in [6, 6.07) is 16.6. The molecule has 0 aliphatic heterocycles. The fourth-order valence-electron chi connectivity index (χ4n) is 2.31. The predicted molar refractivity (Wildman–Crippen MR) is 97.0 cm³/mol. The van der Waals surface area contributed by atoms with E-state index in [1.54, 1.807) is 24.3 Å². The van der Waals surface area contributed by atoms with Crippen LogP contribution in [0.15, 0.2) is 54.6 Å². The fraction of sp³-hybridized carbons (Fsp3) is 0.316. The van der Waals surface area contributed by atoms with Crippen molar-refractivity contribution in [2.75, 3.05) is 18.0 Å². The summed E-state index contributed by atoms with van der Waals surface area (Å²) in [5, 5.41) is 0.587. The molecule has 0 heterocycles. The standard InChI is InChI=1S/C19H22ClNO3/c1-3-17(14-21(4-2)16-8-6-5-7-9-16)23-19(22)24-18-12-10-15(20)11-13-18/h5-13,17H,3-4,14H2,1-2H3. The summed E-state index contributed by atoms with van der Waals surface area (Å²) in [7, 11) is 0. The summed E-state index contributed by atoms with van der Waals surface area (Å²) in [6.45, 7) is 5.51. The first-order valence-electron chi connectivity index (χ1n) is 8.06. The lowest BCUT2D eigenvalue weighted by atomic mass is 10.2. The van der Waals surface area contributed by atoms with Crippen LogP contribution in [0.2, 0.25) is 5.02 Å². The van der Waals surface area contributed by atoms with Crippen LogP contribution >= 0.6 is 11.6 Å². The lowest BCUT2D eigenvalue weighted by Crippen LogP contribution is -2.35. The Hall–Kier alpha value is -2.20. The van der Waals surface area contributed by atoms with E-state index in [1.807, 2.05) is 37.3 Å². The Morgan fingerprint density at radius 3 is 2.33 bits per heavy atom. The van der Waals surface area contributed by atoms with Crippen molar-refractivity contribution in [1.82, 2.24) is 0 Å². The minimum absolute atomic E-state index is 0.245. The molecule has 0 aromatic heterocycles. The highest BCUT2D eigenvalue weighted by Gasteiger charge is 2.18. The van der Waals surface area contributed by atoms with Crippen molar-refractivity contribution in [2.24, 2.45) is 0 Å². The SMILES string of the molecule is CCC(CN(CC)c1ccccc1)OC(=O)Oc1ccc(Cl)cc1. The first-order chi connectivity index (χ1) is 11.6. The Labute approximate surface area is 147 Å². The zero-order valence-electron chi connectivity index (χ0n) is 13.9. The van der Waals surface area contributed by atoms with Crippen molar-refractivity contribution in [3.8, 4) is 5.75 Å². The topological polar surface area (TPSA) is 38.8 Å². The van der Waals surface area contributed by atoms with E-state index in [2.05, 4.69) is 11.8 Å². The second-order valence-corrected chi connectivity index (χ2v) is 5.76. The van der Waals surface area contributed by atoms with Crippen LogP contribution in [0.25, 0.3) is 0 Å². The molecule has 2 aromatic carbocycles. The number of anilines is 1. The highest BCUT2D eigenvalue weighted by molar-refractivity contribution is 6.30. The van der Waals surface area contributed by atoms with Crippen LogP contribution < -0.4 is 9.64 Å². The van der Waals surface area contributed by atoms with E-state index in [4.69, 9.17) is 21.1 Å². The van der Waals surface area contributed by atoms with Gasteiger partial charge >= 0.3 is 6.16 Å². The Kier molecular flexibility index (Phi) is 6.94. The molecule has 128 valence electrons. The van der Waals surface area contributed by atoms with Gasteiger partial charge in [0.25, 0.3) is 0 Å². The van der Waals surface area contributed by atoms with Gasteiger partial charge in [-0.05, 0) is 49.7 Å². The first kappa shape index (κ1) is 18.1. The molecular weight excluding hydrogens is 326 g/mol. The van der Waals surface area contributed by atoms with Crippen molar-refractivity contribution in [3.63, 3.8) is 0 Å². The van der Waals surface area contributed by atoms with Gasteiger partial charge in [-0.3, -0.25) is 0 Å². The summed E-state index contributed by atoms with van der Waals surface area (Å²) in [4.78, 5) is 14.1. The molecule has 0 spiro atoms. The van der Waals surface area contributed by atoms with E-state index in [1.165, 1.54) is 0 Å². The quantitative estimate of drug-likeness (QED) is 0.512. The van der Waals surface area contributed by atoms with Gasteiger partial charge in [-0.1, -0.05) is 36.7 Å². The van der Waals surface area contributed by atoms with Crippen molar-refractivity contribution in [1.29, 1.82) is 0 Å². The summed E-state index contributed by atoms with van der Waals surface area (Å²) >= 11 is 5.81. The van der Waals surface area contributed by atoms with Crippen LogP contribution in [0.1, 0.15) is 20.3 Å². The number of likely N-dealkylation sites (N-methyl/N-ethyl adjacent to an activating group) is 1. The third kappa shape index (κ3) is 5.46. The molecule has 24 heavy (non-hydrogen) atoms. The number of rotatable bonds is 7. The van der Waals surface area contributed by atoms with E-state index >= 15 is 0 Å². The second kappa shape index (κ2) is 9.18. The molecule has 0 bridgehead atoms. The molecule has 0 radical (unpaired) electrons. The van der Waals surface area contributed by atoms with E-state index in [9.17, 15) is 4.79 Å². The fourth-order valence-corrected chi connectivity index (χ4v) is 2.44. The summed E-state index contributed by atoms with van der Waals surface area (Å²) in [5.74, 6) is 0.412. The Morgan fingerprint density at radius 2 is 1.75 bits per heavy atom. The molecule has 2 rings (SSSR count). The van der Waals surface area contributed by atoms with Crippen LogP contribution in [-0.4, -0.2) is 25.3 Å². The van der Waals surface area contributed by atoms with E-state index < -0.39 is 6.16 Å². The van der Waals surface area contributed by atoms with Gasteiger partial charge in [0.05, 0.1) is 6.54 Å². The monoisotopic (exact) mass is 347 g/mol. The van der Waals surface area contributed by atoms with Crippen molar-refractivity contribution in [2.45, 2.75) is 26.4 Å². The first-order valence-corrected chi connectivity index (χ1v) is 8.44. The largest absolute Gasteiger partial charge is 0.514 e. The minimum atomic E-state index is -0.701. The lowest BCUT2D eigenvalue weighted by Gasteiger charge is -2.27. The number of ether oxygens (including phenoxy) is 2. The number of hydrogen-bond acceptors (Lipinski definition) is 4. The molecule has 0 N–H and O–H groups in total. The van der Waals surface area contributed by atoms with Gasteiger partial charge < -0.3 is 14.4 Å². The molecule has 1 unspecified atom stereocenters. The average molecular weight is 348 g/mol. The Balaban J connectivity index is 1.93. The molecule has 0 saturated heterocycles. The zero-order valence-corrected chi connectivity index (χ0v) is 14.7. The molecule has 0 aliphatic rings. The lowest BCUT2D eigenvalue weighted by molar-refractivity contribution is 0.0594. The Morgan fingerprint density at radius 1 is 1.08 bits per heavy atom. The number of nitrogens with zero attached hydrogens (tertiary/aromatic N) is 1. The van der Waals surface area contributed by atoms with Crippen LogP contribution in [0, 0.1) is 0 Å². The smallest absolute Gasteiger partial charge is 0.429 e. The normalized spacial score (nSPS) is 11.6. The molecule has 0 aliphatic carbocycles. The number of benzene rings is 2. The molecule has 0 amide bonds. The van der Waals surface area contributed by atoms with E-state index in [-0.39, 0.29) is 6.10 Å². The highest BCUT2D eigenvalue weighted by Crippen LogP contribution is 2.18. The second-order valence-electron chi connectivity index (χ2n) is 5.33. The third-order valence-electron chi connectivity index (χ3n) is 3.66. The van der Waals surface area contributed by atoms with Crippen LogP contribution in [-0.2, 0) is 4.74 Å². The van der Waals surface area contributed by atoms with Crippen molar-refractivity contribution in [3.05, 3.63) is 59.6 Å². The molecule has 4 nitrogen and oxygen atoms in total. The number of halogens is 1. The van der Waals surface area contributed by atoms with Crippen LogP contribution in [0.4, 0.5) is 10.5 Å². The van der Waals surface area contributed by atoms with Gasteiger partial charge in [0.15, 0.2) is 0 Å². The summed E-state index contributed by atoms with van der Waals surface area (Å²) in [6.07, 6.45) is -0.239. The van der Waals surface area contributed by atoms with Gasteiger partial charge in [0.1, 0.15) is 11.9 Å². The molecule has 1 atom stereocenters. The van der Waals surface area contributed by atoms with Gasteiger partial charge in [0, 0.05) is 17.3 Å². The number of carbonyl (C=O) groups excluding carboxylic acids is 1. The summed E-state index contributed by atoms with van der Waals surface area (Å²) < 4.78 is 10.6. The van der Waals surface area contributed by atoms with Gasteiger partial charge in [-0.15, -0.1) is 0 Å². The molecule has 0 saturated carbocycles.